The van der Waals surface area contributed by atoms with Gasteiger partial charge in [0.2, 0.25) is 5.91 Å². The molecule has 0 aromatic heterocycles. The lowest BCUT2D eigenvalue weighted by atomic mass is 9.97. The van der Waals surface area contributed by atoms with Crippen molar-refractivity contribution < 1.29 is 4.79 Å². The van der Waals surface area contributed by atoms with Gasteiger partial charge in [0.05, 0.1) is 5.92 Å². The Bertz CT molecular complexity index is 807. The summed E-state index contributed by atoms with van der Waals surface area (Å²) in [7, 11) is 0. The molecule has 1 aliphatic rings. The van der Waals surface area contributed by atoms with Crippen LogP contribution in [-0.2, 0) is 24.4 Å². The third-order valence-corrected chi connectivity index (χ3v) is 5.78. The molecule has 4 nitrogen and oxygen atoms in total. The molecular formula is C24H33N3O. The van der Waals surface area contributed by atoms with Crippen molar-refractivity contribution in [1.29, 1.82) is 0 Å². The van der Waals surface area contributed by atoms with E-state index in [1.54, 1.807) is 0 Å². The molecule has 1 heterocycles. The number of piperidine rings is 1. The van der Waals surface area contributed by atoms with Gasteiger partial charge in [-0.2, -0.15) is 0 Å². The fourth-order valence-corrected chi connectivity index (χ4v) is 4.35. The van der Waals surface area contributed by atoms with E-state index in [4.69, 9.17) is 5.73 Å². The van der Waals surface area contributed by atoms with Crippen LogP contribution in [0.25, 0.3) is 0 Å². The van der Waals surface area contributed by atoms with E-state index in [2.05, 4.69) is 67.4 Å². The van der Waals surface area contributed by atoms with Gasteiger partial charge in [-0.3, -0.25) is 9.69 Å². The fourth-order valence-electron chi connectivity index (χ4n) is 4.35. The van der Waals surface area contributed by atoms with E-state index in [1.165, 1.54) is 33.4 Å². The Morgan fingerprint density at radius 1 is 1.11 bits per heavy atom. The van der Waals surface area contributed by atoms with Gasteiger partial charge in [0.1, 0.15) is 0 Å². The highest BCUT2D eigenvalue weighted by Gasteiger charge is 2.23. The van der Waals surface area contributed by atoms with Gasteiger partial charge in [-0.25, -0.2) is 0 Å². The van der Waals surface area contributed by atoms with E-state index < -0.39 is 0 Å². The van der Waals surface area contributed by atoms with E-state index in [0.717, 1.165) is 45.6 Å². The number of nitrogens with two attached hydrogens (primary N) is 1. The van der Waals surface area contributed by atoms with E-state index >= 15 is 0 Å². The highest BCUT2D eigenvalue weighted by Crippen LogP contribution is 2.19. The summed E-state index contributed by atoms with van der Waals surface area (Å²) in [5.41, 5.74) is 13.5. The Labute approximate surface area is 169 Å². The largest absolute Gasteiger partial charge is 0.369 e. The van der Waals surface area contributed by atoms with E-state index in [9.17, 15) is 4.79 Å². The maximum absolute atomic E-state index is 11.5. The second-order valence-electron chi connectivity index (χ2n) is 8.28. The Morgan fingerprint density at radius 2 is 1.82 bits per heavy atom. The van der Waals surface area contributed by atoms with Crippen LogP contribution in [0.15, 0.2) is 36.4 Å². The average molecular weight is 380 g/mol. The standard InChI is InChI=1S/C24H33N3O/c1-17-10-18(2)23(19(3)11-17)14-26-13-20-6-4-7-21(12-20)15-27-9-5-8-22(16-27)24(25)28/h4,6-7,10-12,22,26H,5,8-9,13-16H2,1-3H3,(H2,25,28). The van der Waals surface area contributed by atoms with Crippen LogP contribution in [0.5, 0.6) is 0 Å². The summed E-state index contributed by atoms with van der Waals surface area (Å²) in [4.78, 5) is 13.8. The monoisotopic (exact) mass is 379 g/mol. The lowest BCUT2D eigenvalue weighted by Crippen LogP contribution is -2.40. The summed E-state index contributed by atoms with van der Waals surface area (Å²) in [5.74, 6) is -0.163. The highest BCUT2D eigenvalue weighted by atomic mass is 16.1. The number of aryl methyl sites for hydroxylation is 3. The zero-order chi connectivity index (χ0) is 20.1. The highest BCUT2D eigenvalue weighted by molar-refractivity contribution is 5.76. The first-order valence-electron chi connectivity index (χ1n) is 10.3. The van der Waals surface area contributed by atoms with Gasteiger partial charge in [0.15, 0.2) is 0 Å². The van der Waals surface area contributed by atoms with Crippen LogP contribution in [0.4, 0.5) is 0 Å². The van der Waals surface area contributed by atoms with Gasteiger partial charge >= 0.3 is 0 Å². The molecule has 2 aromatic rings. The number of carbonyl (C=O) groups excluding carboxylic acids is 1. The molecule has 1 aliphatic heterocycles. The number of hydrogen-bond donors (Lipinski definition) is 2. The van der Waals surface area contributed by atoms with Crippen molar-refractivity contribution in [2.75, 3.05) is 13.1 Å². The minimum Gasteiger partial charge on any atom is -0.369 e. The molecule has 0 bridgehead atoms. The number of nitrogens with zero attached hydrogens (tertiary/aromatic N) is 1. The molecule has 1 atom stereocenters. The summed E-state index contributed by atoms with van der Waals surface area (Å²) in [6.07, 6.45) is 1.97. The molecule has 1 amide bonds. The number of hydrogen-bond acceptors (Lipinski definition) is 3. The van der Waals surface area contributed by atoms with Crippen LogP contribution in [0.2, 0.25) is 0 Å². The van der Waals surface area contributed by atoms with Gasteiger partial charge in [-0.05, 0) is 68.0 Å². The average Bonchev–Trinajstić information content (AvgIpc) is 2.64. The lowest BCUT2D eigenvalue weighted by Gasteiger charge is -2.31. The second kappa shape index (κ2) is 9.35. The number of benzene rings is 2. The predicted octanol–water partition coefficient (Wildman–Crippen LogP) is 3.60. The summed E-state index contributed by atoms with van der Waals surface area (Å²) in [5, 5.41) is 3.60. The zero-order valence-electron chi connectivity index (χ0n) is 17.4. The van der Waals surface area contributed by atoms with Crippen LogP contribution >= 0.6 is 0 Å². The van der Waals surface area contributed by atoms with Gasteiger partial charge in [0, 0.05) is 26.2 Å². The minimum absolute atomic E-state index is 0.000382. The first kappa shape index (κ1) is 20.6. The molecule has 2 aromatic carbocycles. The van der Waals surface area contributed by atoms with Crippen molar-refractivity contribution in [2.45, 2.75) is 53.2 Å². The van der Waals surface area contributed by atoms with Crippen molar-refractivity contribution in [3.05, 3.63) is 69.8 Å². The van der Waals surface area contributed by atoms with Gasteiger partial charge in [-0.1, -0.05) is 42.0 Å². The van der Waals surface area contributed by atoms with Crippen LogP contribution in [0, 0.1) is 26.7 Å². The molecule has 1 unspecified atom stereocenters. The molecule has 1 saturated heterocycles. The van der Waals surface area contributed by atoms with Gasteiger partial charge < -0.3 is 11.1 Å². The Morgan fingerprint density at radius 3 is 2.54 bits per heavy atom. The molecule has 0 aliphatic carbocycles. The van der Waals surface area contributed by atoms with Crippen LogP contribution < -0.4 is 11.1 Å². The minimum atomic E-state index is -0.163. The molecule has 1 fully saturated rings. The molecule has 3 rings (SSSR count). The predicted molar refractivity (Wildman–Crippen MR) is 115 cm³/mol. The molecule has 28 heavy (non-hydrogen) atoms. The third kappa shape index (κ3) is 5.43. The first-order valence-corrected chi connectivity index (χ1v) is 10.3. The quantitative estimate of drug-likeness (QED) is 0.773. The molecule has 4 heteroatoms. The van der Waals surface area contributed by atoms with Crippen molar-refractivity contribution in [3.63, 3.8) is 0 Å². The number of amides is 1. The van der Waals surface area contributed by atoms with Gasteiger partial charge in [-0.15, -0.1) is 0 Å². The van der Waals surface area contributed by atoms with Crippen molar-refractivity contribution in [3.8, 4) is 0 Å². The van der Waals surface area contributed by atoms with E-state index in [-0.39, 0.29) is 11.8 Å². The summed E-state index contributed by atoms with van der Waals surface area (Å²) in [6.45, 7) is 11.0. The Balaban J connectivity index is 1.56. The molecule has 0 saturated carbocycles. The zero-order valence-corrected chi connectivity index (χ0v) is 17.4. The van der Waals surface area contributed by atoms with E-state index in [0.29, 0.717) is 0 Å². The topological polar surface area (TPSA) is 58.4 Å². The number of carbonyl (C=O) groups is 1. The first-order chi connectivity index (χ1) is 13.4. The second-order valence-corrected chi connectivity index (χ2v) is 8.28. The SMILES string of the molecule is Cc1cc(C)c(CNCc2cccc(CN3CCCC(C(N)=O)C3)c2)c(C)c1. The maximum Gasteiger partial charge on any atom is 0.221 e. The lowest BCUT2D eigenvalue weighted by molar-refractivity contribution is -0.123. The van der Waals surface area contributed by atoms with Gasteiger partial charge in [0.25, 0.3) is 0 Å². The number of likely N-dealkylation sites (tertiary alicyclic amines) is 1. The number of rotatable bonds is 7. The summed E-state index contributed by atoms with van der Waals surface area (Å²) < 4.78 is 0. The third-order valence-electron chi connectivity index (χ3n) is 5.78. The normalized spacial score (nSPS) is 17.6. The van der Waals surface area contributed by atoms with Crippen molar-refractivity contribution in [2.24, 2.45) is 11.7 Å². The smallest absolute Gasteiger partial charge is 0.221 e. The maximum atomic E-state index is 11.5. The number of nitrogens with one attached hydrogen (secondary N) is 1. The van der Waals surface area contributed by atoms with E-state index in [1.807, 2.05) is 0 Å². The van der Waals surface area contributed by atoms with Crippen LogP contribution in [0.3, 0.4) is 0 Å². The Kier molecular flexibility index (Phi) is 6.87. The Hall–Kier alpha value is -2.17. The summed E-state index contributed by atoms with van der Waals surface area (Å²) >= 11 is 0. The van der Waals surface area contributed by atoms with Crippen LogP contribution in [-0.4, -0.2) is 23.9 Å². The molecule has 0 spiro atoms. The number of primary amides is 1. The fraction of sp³-hybridized carbons (Fsp3) is 0.458. The molecule has 3 N–H and O–H groups in total. The summed E-state index contributed by atoms with van der Waals surface area (Å²) in [6, 6.07) is 13.3. The van der Waals surface area contributed by atoms with Crippen molar-refractivity contribution in [1.82, 2.24) is 10.2 Å². The van der Waals surface area contributed by atoms with Crippen molar-refractivity contribution >= 4 is 5.91 Å². The molecule has 150 valence electrons. The molecule has 0 radical (unpaired) electrons. The molecular weight excluding hydrogens is 346 g/mol. The van der Waals surface area contributed by atoms with Crippen LogP contribution in [0.1, 0.15) is 46.2 Å².